The first-order valence-corrected chi connectivity index (χ1v) is 5.75. The molecular formula is C11H23NO. The van der Waals surface area contributed by atoms with E-state index >= 15 is 0 Å². The third-order valence-electron chi connectivity index (χ3n) is 2.97. The molecule has 0 amide bonds. The highest BCUT2D eigenvalue weighted by Crippen LogP contribution is 2.25. The molecular weight excluding hydrogens is 162 g/mol. The molecule has 0 aromatic heterocycles. The molecule has 1 aliphatic rings. The summed E-state index contributed by atoms with van der Waals surface area (Å²) >= 11 is 0. The standard InChI is InChI=1S/C11H23NO/c13-10-4-8-12-9-7-11-5-2-1-3-6-11/h11-13H,1-10H2. The van der Waals surface area contributed by atoms with Gasteiger partial charge < -0.3 is 10.4 Å². The van der Waals surface area contributed by atoms with E-state index in [0.717, 1.165) is 25.4 Å². The van der Waals surface area contributed by atoms with E-state index in [9.17, 15) is 0 Å². The monoisotopic (exact) mass is 185 g/mol. The maximum atomic E-state index is 8.57. The average Bonchev–Trinajstić information content (AvgIpc) is 2.19. The van der Waals surface area contributed by atoms with Crippen LogP contribution in [0, 0.1) is 5.92 Å². The smallest absolute Gasteiger partial charge is 0.0443 e. The van der Waals surface area contributed by atoms with Crippen LogP contribution in [0.5, 0.6) is 0 Å². The van der Waals surface area contributed by atoms with Crippen LogP contribution in [0.3, 0.4) is 0 Å². The van der Waals surface area contributed by atoms with Gasteiger partial charge in [-0.3, -0.25) is 0 Å². The molecule has 0 spiro atoms. The second-order valence-corrected chi connectivity index (χ2v) is 4.12. The summed E-state index contributed by atoms with van der Waals surface area (Å²) in [5.41, 5.74) is 0. The Morgan fingerprint density at radius 1 is 1.08 bits per heavy atom. The van der Waals surface area contributed by atoms with Crippen LogP contribution in [0.15, 0.2) is 0 Å². The quantitative estimate of drug-likeness (QED) is 0.620. The van der Waals surface area contributed by atoms with Crippen LogP contribution in [-0.4, -0.2) is 24.8 Å². The number of aliphatic hydroxyl groups is 1. The molecule has 0 atom stereocenters. The van der Waals surface area contributed by atoms with Crippen LogP contribution in [0.25, 0.3) is 0 Å². The molecule has 0 bridgehead atoms. The lowest BCUT2D eigenvalue weighted by molar-refractivity contribution is 0.283. The van der Waals surface area contributed by atoms with Crippen molar-refractivity contribution in [1.29, 1.82) is 0 Å². The van der Waals surface area contributed by atoms with E-state index in [1.54, 1.807) is 0 Å². The second-order valence-electron chi connectivity index (χ2n) is 4.12. The summed E-state index contributed by atoms with van der Waals surface area (Å²) in [6.45, 7) is 2.43. The Labute approximate surface area is 81.7 Å². The zero-order valence-electron chi connectivity index (χ0n) is 8.60. The summed E-state index contributed by atoms with van der Waals surface area (Å²) < 4.78 is 0. The Bertz CT molecular complexity index is 111. The Morgan fingerprint density at radius 2 is 1.85 bits per heavy atom. The fourth-order valence-electron chi connectivity index (χ4n) is 2.11. The maximum absolute atomic E-state index is 8.57. The lowest BCUT2D eigenvalue weighted by Crippen LogP contribution is -2.21. The van der Waals surface area contributed by atoms with Gasteiger partial charge in [0, 0.05) is 6.61 Å². The minimum Gasteiger partial charge on any atom is -0.396 e. The highest BCUT2D eigenvalue weighted by molar-refractivity contribution is 4.66. The van der Waals surface area contributed by atoms with Gasteiger partial charge in [-0.2, -0.15) is 0 Å². The average molecular weight is 185 g/mol. The van der Waals surface area contributed by atoms with E-state index in [-0.39, 0.29) is 0 Å². The first-order valence-electron chi connectivity index (χ1n) is 5.75. The van der Waals surface area contributed by atoms with E-state index in [2.05, 4.69) is 5.32 Å². The Kier molecular flexibility index (Phi) is 6.21. The lowest BCUT2D eigenvalue weighted by Gasteiger charge is -2.21. The van der Waals surface area contributed by atoms with Gasteiger partial charge in [-0.25, -0.2) is 0 Å². The van der Waals surface area contributed by atoms with E-state index in [4.69, 9.17) is 5.11 Å². The molecule has 13 heavy (non-hydrogen) atoms. The van der Waals surface area contributed by atoms with Gasteiger partial charge in [0.15, 0.2) is 0 Å². The molecule has 0 unspecified atom stereocenters. The van der Waals surface area contributed by atoms with Gasteiger partial charge in [0.05, 0.1) is 0 Å². The number of nitrogens with one attached hydrogen (secondary N) is 1. The van der Waals surface area contributed by atoms with Gasteiger partial charge in [-0.05, 0) is 31.8 Å². The van der Waals surface area contributed by atoms with Crippen LogP contribution in [0.4, 0.5) is 0 Å². The molecule has 2 heteroatoms. The molecule has 78 valence electrons. The predicted octanol–water partition coefficient (Wildman–Crippen LogP) is 1.93. The topological polar surface area (TPSA) is 32.3 Å². The largest absolute Gasteiger partial charge is 0.396 e. The van der Waals surface area contributed by atoms with Gasteiger partial charge in [-0.15, -0.1) is 0 Å². The third-order valence-corrected chi connectivity index (χ3v) is 2.97. The van der Waals surface area contributed by atoms with Gasteiger partial charge >= 0.3 is 0 Å². The second kappa shape index (κ2) is 7.34. The van der Waals surface area contributed by atoms with Crippen molar-refractivity contribution in [3.05, 3.63) is 0 Å². The molecule has 0 radical (unpaired) electrons. The molecule has 0 aliphatic heterocycles. The molecule has 0 heterocycles. The van der Waals surface area contributed by atoms with Crippen LogP contribution >= 0.6 is 0 Å². The molecule has 1 fully saturated rings. The first kappa shape index (κ1) is 11.0. The van der Waals surface area contributed by atoms with Crippen LogP contribution in [0.1, 0.15) is 44.9 Å². The van der Waals surface area contributed by atoms with E-state index in [1.807, 2.05) is 0 Å². The predicted molar refractivity (Wildman–Crippen MR) is 55.8 cm³/mol. The summed E-state index contributed by atoms with van der Waals surface area (Å²) in [5, 5.41) is 11.9. The minimum atomic E-state index is 0.316. The number of aliphatic hydroxyl groups excluding tert-OH is 1. The number of rotatable bonds is 6. The van der Waals surface area contributed by atoms with Gasteiger partial charge in [-0.1, -0.05) is 32.1 Å². The van der Waals surface area contributed by atoms with Crippen molar-refractivity contribution in [3.63, 3.8) is 0 Å². The highest BCUT2D eigenvalue weighted by Gasteiger charge is 2.11. The van der Waals surface area contributed by atoms with Crippen LogP contribution < -0.4 is 5.32 Å². The molecule has 2 nitrogen and oxygen atoms in total. The summed E-state index contributed by atoms with van der Waals surface area (Å²) in [5.74, 6) is 0.982. The summed E-state index contributed by atoms with van der Waals surface area (Å²) in [6, 6.07) is 0. The van der Waals surface area contributed by atoms with Crippen LogP contribution in [0.2, 0.25) is 0 Å². The fourth-order valence-corrected chi connectivity index (χ4v) is 2.11. The van der Waals surface area contributed by atoms with Crippen molar-refractivity contribution < 1.29 is 5.11 Å². The minimum absolute atomic E-state index is 0.316. The van der Waals surface area contributed by atoms with E-state index in [1.165, 1.54) is 38.5 Å². The fraction of sp³-hybridized carbons (Fsp3) is 1.00. The van der Waals surface area contributed by atoms with Gasteiger partial charge in [0.1, 0.15) is 0 Å². The first-order chi connectivity index (χ1) is 6.43. The molecule has 1 saturated carbocycles. The summed E-state index contributed by atoms with van der Waals surface area (Å²) in [4.78, 5) is 0. The highest BCUT2D eigenvalue weighted by atomic mass is 16.3. The van der Waals surface area contributed by atoms with Crippen molar-refractivity contribution in [2.75, 3.05) is 19.7 Å². The zero-order valence-corrected chi connectivity index (χ0v) is 8.60. The van der Waals surface area contributed by atoms with Gasteiger partial charge in [0.2, 0.25) is 0 Å². The Morgan fingerprint density at radius 3 is 2.54 bits per heavy atom. The Balaban J connectivity index is 1.86. The van der Waals surface area contributed by atoms with Crippen molar-refractivity contribution in [2.45, 2.75) is 44.9 Å². The molecule has 1 rings (SSSR count). The molecule has 0 saturated heterocycles. The molecule has 2 N–H and O–H groups in total. The SMILES string of the molecule is OCCCNCCC1CCCCC1. The van der Waals surface area contributed by atoms with E-state index in [0.29, 0.717) is 6.61 Å². The van der Waals surface area contributed by atoms with Crippen molar-refractivity contribution >= 4 is 0 Å². The summed E-state index contributed by atoms with van der Waals surface area (Å²) in [7, 11) is 0. The number of hydrogen-bond acceptors (Lipinski definition) is 2. The summed E-state index contributed by atoms with van der Waals surface area (Å²) in [6.07, 6.45) is 9.47. The van der Waals surface area contributed by atoms with Crippen LogP contribution in [-0.2, 0) is 0 Å². The molecule has 0 aromatic rings. The maximum Gasteiger partial charge on any atom is 0.0443 e. The van der Waals surface area contributed by atoms with Gasteiger partial charge in [0.25, 0.3) is 0 Å². The van der Waals surface area contributed by atoms with E-state index < -0.39 is 0 Å². The van der Waals surface area contributed by atoms with Crippen molar-refractivity contribution in [1.82, 2.24) is 5.32 Å². The lowest BCUT2D eigenvalue weighted by atomic mass is 9.87. The zero-order chi connectivity index (χ0) is 9.36. The number of hydrogen-bond donors (Lipinski definition) is 2. The molecule has 1 aliphatic carbocycles. The van der Waals surface area contributed by atoms with Crippen molar-refractivity contribution in [2.24, 2.45) is 5.92 Å². The normalized spacial score (nSPS) is 19.2. The third kappa shape index (κ3) is 5.27. The van der Waals surface area contributed by atoms with Crippen molar-refractivity contribution in [3.8, 4) is 0 Å². The Hall–Kier alpha value is -0.0800. The molecule has 0 aromatic carbocycles.